The molecule has 15 heavy (non-hydrogen) atoms. The van der Waals surface area contributed by atoms with Gasteiger partial charge in [-0.1, -0.05) is 39.0 Å². The first-order valence-corrected chi connectivity index (χ1v) is 5.39. The van der Waals surface area contributed by atoms with E-state index in [1.54, 1.807) is 0 Å². The van der Waals surface area contributed by atoms with Crippen molar-refractivity contribution in [1.82, 2.24) is 0 Å². The summed E-state index contributed by atoms with van der Waals surface area (Å²) in [6, 6.07) is 6.27. The van der Waals surface area contributed by atoms with Gasteiger partial charge in [-0.2, -0.15) is 0 Å². The lowest BCUT2D eigenvalue weighted by molar-refractivity contribution is -0.0953. The molecule has 0 spiro atoms. The van der Waals surface area contributed by atoms with Crippen molar-refractivity contribution in [3.05, 3.63) is 29.3 Å². The standard InChI is InChI=1S/C13H18O2/c1-9-14-8-10-6-5-7-11(12(10)15-9)13(2,3)4/h5-7,9H,8H2,1-4H3. The maximum absolute atomic E-state index is 5.77. The second-order valence-electron chi connectivity index (χ2n) is 5.04. The average Bonchev–Trinajstić information content (AvgIpc) is 2.15. The lowest BCUT2D eigenvalue weighted by Crippen LogP contribution is -2.25. The normalized spacial score (nSPS) is 20.7. The second kappa shape index (κ2) is 3.53. The first-order valence-electron chi connectivity index (χ1n) is 5.39. The molecule has 1 heterocycles. The molecule has 0 N–H and O–H groups in total. The van der Waals surface area contributed by atoms with E-state index in [0.717, 1.165) is 11.3 Å². The molecule has 82 valence electrons. The van der Waals surface area contributed by atoms with E-state index in [1.807, 2.05) is 6.92 Å². The Morgan fingerprint density at radius 1 is 1.27 bits per heavy atom. The van der Waals surface area contributed by atoms with Gasteiger partial charge in [-0.15, -0.1) is 0 Å². The van der Waals surface area contributed by atoms with Gasteiger partial charge in [0.2, 0.25) is 0 Å². The Labute approximate surface area is 91.2 Å². The molecular formula is C13H18O2. The van der Waals surface area contributed by atoms with Gasteiger partial charge in [-0.3, -0.25) is 0 Å². The molecule has 1 aliphatic heterocycles. The van der Waals surface area contributed by atoms with Gasteiger partial charge < -0.3 is 9.47 Å². The number of benzene rings is 1. The predicted octanol–water partition coefficient (Wildman–Crippen LogP) is 3.24. The zero-order chi connectivity index (χ0) is 11.1. The fourth-order valence-corrected chi connectivity index (χ4v) is 1.84. The van der Waals surface area contributed by atoms with Gasteiger partial charge in [0.15, 0.2) is 6.29 Å². The molecule has 1 aromatic rings. The van der Waals surface area contributed by atoms with E-state index in [-0.39, 0.29) is 11.7 Å². The number of ether oxygens (including phenoxy) is 2. The highest BCUT2D eigenvalue weighted by Gasteiger charge is 2.25. The highest BCUT2D eigenvalue weighted by molar-refractivity contribution is 5.45. The molecule has 0 amide bonds. The zero-order valence-corrected chi connectivity index (χ0v) is 9.83. The number of para-hydroxylation sites is 1. The monoisotopic (exact) mass is 206 g/mol. The minimum absolute atomic E-state index is 0.113. The van der Waals surface area contributed by atoms with Crippen LogP contribution in [0.2, 0.25) is 0 Å². The zero-order valence-electron chi connectivity index (χ0n) is 9.83. The Morgan fingerprint density at radius 2 is 2.00 bits per heavy atom. The topological polar surface area (TPSA) is 18.5 Å². The van der Waals surface area contributed by atoms with Crippen molar-refractivity contribution in [2.45, 2.75) is 46.0 Å². The van der Waals surface area contributed by atoms with Gasteiger partial charge in [0.05, 0.1) is 6.61 Å². The van der Waals surface area contributed by atoms with Crippen molar-refractivity contribution in [2.75, 3.05) is 0 Å². The molecule has 0 saturated carbocycles. The molecule has 1 aromatic carbocycles. The minimum Gasteiger partial charge on any atom is -0.465 e. The van der Waals surface area contributed by atoms with E-state index in [0.29, 0.717) is 6.61 Å². The van der Waals surface area contributed by atoms with E-state index in [4.69, 9.17) is 9.47 Å². The van der Waals surface area contributed by atoms with Gasteiger partial charge in [0.1, 0.15) is 5.75 Å². The fourth-order valence-electron chi connectivity index (χ4n) is 1.84. The highest BCUT2D eigenvalue weighted by atomic mass is 16.7. The van der Waals surface area contributed by atoms with Crippen LogP contribution in [0.4, 0.5) is 0 Å². The molecule has 2 nitrogen and oxygen atoms in total. The van der Waals surface area contributed by atoms with Crippen molar-refractivity contribution in [3.63, 3.8) is 0 Å². The van der Waals surface area contributed by atoms with Crippen LogP contribution in [0.25, 0.3) is 0 Å². The second-order valence-corrected chi connectivity index (χ2v) is 5.04. The molecule has 0 saturated heterocycles. The molecule has 0 aliphatic carbocycles. The quantitative estimate of drug-likeness (QED) is 0.648. The molecule has 0 fully saturated rings. The van der Waals surface area contributed by atoms with Gasteiger partial charge in [0, 0.05) is 5.56 Å². The average molecular weight is 206 g/mol. The van der Waals surface area contributed by atoms with Crippen LogP contribution in [0.3, 0.4) is 0 Å². The van der Waals surface area contributed by atoms with Crippen LogP contribution in [-0.2, 0) is 16.8 Å². The smallest absolute Gasteiger partial charge is 0.197 e. The summed E-state index contributed by atoms with van der Waals surface area (Å²) in [5.74, 6) is 1.02. The maximum Gasteiger partial charge on any atom is 0.197 e. The number of rotatable bonds is 0. The Balaban J connectivity index is 2.49. The van der Waals surface area contributed by atoms with Crippen LogP contribution < -0.4 is 4.74 Å². The summed E-state index contributed by atoms with van der Waals surface area (Å²) in [4.78, 5) is 0. The Bertz CT molecular complexity index is 363. The Kier molecular flexibility index (Phi) is 2.47. The Hall–Kier alpha value is -1.02. The van der Waals surface area contributed by atoms with Crippen LogP contribution in [0.5, 0.6) is 5.75 Å². The first-order chi connectivity index (χ1) is 6.98. The highest BCUT2D eigenvalue weighted by Crippen LogP contribution is 2.37. The number of hydrogen-bond acceptors (Lipinski definition) is 2. The summed E-state index contributed by atoms with van der Waals surface area (Å²) in [6.07, 6.45) is -0.138. The molecular weight excluding hydrogens is 188 g/mol. The molecule has 2 heteroatoms. The minimum atomic E-state index is -0.138. The van der Waals surface area contributed by atoms with Crippen molar-refractivity contribution < 1.29 is 9.47 Å². The van der Waals surface area contributed by atoms with Gasteiger partial charge in [-0.25, -0.2) is 0 Å². The van der Waals surface area contributed by atoms with E-state index < -0.39 is 0 Å². The van der Waals surface area contributed by atoms with Crippen LogP contribution >= 0.6 is 0 Å². The molecule has 1 atom stereocenters. The first kappa shape index (κ1) is 10.5. The van der Waals surface area contributed by atoms with E-state index in [9.17, 15) is 0 Å². The molecule has 1 aliphatic rings. The molecule has 2 rings (SSSR count). The van der Waals surface area contributed by atoms with Crippen LogP contribution in [-0.4, -0.2) is 6.29 Å². The fraction of sp³-hybridized carbons (Fsp3) is 0.538. The maximum atomic E-state index is 5.77. The van der Waals surface area contributed by atoms with Crippen LogP contribution in [0.1, 0.15) is 38.8 Å². The van der Waals surface area contributed by atoms with Crippen molar-refractivity contribution in [3.8, 4) is 5.75 Å². The van der Waals surface area contributed by atoms with Crippen molar-refractivity contribution in [2.24, 2.45) is 0 Å². The molecule has 0 bridgehead atoms. The van der Waals surface area contributed by atoms with Crippen LogP contribution in [0, 0.1) is 0 Å². The van der Waals surface area contributed by atoms with Crippen molar-refractivity contribution >= 4 is 0 Å². The van der Waals surface area contributed by atoms with E-state index in [1.165, 1.54) is 5.56 Å². The number of hydrogen-bond donors (Lipinski definition) is 0. The third kappa shape index (κ3) is 2.00. The van der Waals surface area contributed by atoms with E-state index in [2.05, 4.69) is 39.0 Å². The van der Waals surface area contributed by atoms with E-state index >= 15 is 0 Å². The van der Waals surface area contributed by atoms with Crippen molar-refractivity contribution in [1.29, 1.82) is 0 Å². The molecule has 0 aromatic heterocycles. The third-order valence-corrected chi connectivity index (χ3v) is 2.66. The van der Waals surface area contributed by atoms with Gasteiger partial charge in [0.25, 0.3) is 0 Å². The molecule has 1 unspecified atom stereocenters. The Morgan fingerprint density at radius 3 is 2.67 bits per heavy atom. The van der Waals surface area contributed by atoms with Crippen LogP contribution in [0.15, 0.2) is 18.2 Å². The summed E-state index contributed by atoms with van der Waals surface area (Å²) < 4.78 is 11.2. The molecule has 0 radical (unpaired) electrons. The SMILES string of the molecule is CC1OCc2cccc(C(C)(C)C)c2O1. The predicted molar refractivity (Wildman–Crippen MR) is 60.0 cm³/mol. The third-order valence-electron chi connectivity index (χ3n) is 2.66. The summed E-state index contributed by atoms with van der Waals surface area (Å²) in [5.41, 5.74) is 2.53. The van der Waals surface area contributed by atoms with Gasteiger partial charge in [-0.05, 0) is 17.9 Å². The lowest BCUT2D eigenvalue weighted by Gasteiger charge is -2.30. The summed E-state index contributed by atoms with van der Waals surface area (Å²) in [6.45, 7) is 9.19. The summed E-state index contributed by atoms with van der Waals surface area (Å²) in [7, 11) is 0. The summed E-state index contributed by atoms with van der Waals surface area (Å²) >= 11 is 0. The summed E-state index contributed by atoms with van der Waals surface area (Å²) in [5, 5.41) is 0. The number of fused-ring (bicyclic) bond motifs is 1. The largest absolute Gasteiger partial charge is 0.465 e. The van der Waals surface area contributed by atoms with Gasteiger partial charge >= 0.3 is 0 Å². The lowest BCUT2D eigenvalue weighted by atomic mass is 9.85.